The van der Waals surface area contributed by atoms with Crippen molar-refractivity contribution in [2.45, 2.75) is 39.0 Å². The second kappa shape index (κ2) is 7.07. The normalized spacial score (nSPS) is 18.0. The third-order valence-electron chi connectivity index (χ3n) is 4.99. The van der Waals surface area contributed by atoms with E-state index in [4.69, 9.17) is 5.11 Å². The zero-order valence-electron chi connectivity index (χ0n) is 14.0. The Labute approximate surface area is 141 Å². The maximum Gasteiger partial charge on any atom is 0.303 e. The van der Waals surface area contributed by atoms with Gasteiger partial charge in [-0.2, -0.15) is 0 Å². The number of nitrogens with zero attached hydrogens (tertiary/aromatic N) is 1. The van der Waals surface area contributed by atoms with E-state index in [0.29, 0.717) is 25.3 Å². The van der Waals surface area contributed by atoms with Crippen LogP contribution in [0.3, 0.4) is 0 Å². The number of para-hydroxylation sites is 1. The number of aryl methyl sites for hydroxylation is 1. The van der Waals surface area contributed by atoms with Crippen LogP contribution in [0.5, 0.6) is 0 Å². The molecule has 2 N–H and O–H groups in total. The van der Waals surface area contributed by atoms with Gasteiger partial charge in [-0.25, -0.2) is 0 Å². The number of benzene rings is 1. The van der Waals surface area contributed by atoms with Gasteiger partial charge in [0.15, 0.2) is 0 Å². The first-order valence-corrected chi connectivity index (χ1v) is 8.59. The Kier molecular flexibility index (Phi) is 4.88. The number of rotatable bonds is 5. The molecule has 5 heteroatoms. The molecule has 0 unspecified atom stereocenters. The highest BCUT2D eigenvalue weighted by atomic mass is 16.4. The summed E-state index contributed by atoms with van der Waals surface area (Å²) in [6.07, 6.45) is 5.16. The molecule has 0 radical (unpaired) electrons. The summed E-state index contributed by atoms with van der Waals surface area (Å²) in [6.45, 7) is 3.53. The van der Waals surface area contributed by atoms with Crippen LogP contribution in [0.15, 0.2) is 24.4 Å². The summed E-state index contributed by atoms with van der Waals surface area (Å²) in [6, 6.07) is 6.12. The third kappa shape index (κ3) is 3.61. The molecule has 2 heterocycles. The molecule has 2 aromatic rings. The number of hydrogen-bond acceptors (Lipinski definition) is 2. The number of aromatic amines is 1. The van der Waals surface area contributed by atoms with Gasteiger partial charge < -0.3 is 15.0 Å². The number of aliphatic carboxylic acids is 1. The minimum Gasteiger partial charge on any atom is -0.481 e. The van der Waals surface area contributed by atoms with Crippen LogP contribution in [0, 0.1) is 12.8 Å². The predicted molar refractivity (Wildman–Crippen MR) is 92.9 cm³/mol. The van der Waals surface area contributed by atoms with E-state index in [1.165, 1.54) is 5.56 Å². The van der Waals surface area contributed by atoms with Crippen molar-refractivity contribution < 1.29 is 14.7 Å². The Balaban J connectivity index is 1.65. The maximum absolute atomic E-state index is 12.7. The first-order chi connectivity index (χ1) is 11.5. The van der Waals surface area contributed by atoms with Gasteiger partial charge in [-0.05, 0) is 43.2 Å². The van der Waals surface area contributed by atoms with E-state index < -0.39 is 5.97 Å². The summed E-state index contributed by atoms with van der Waals surface area (Å²) in [5.41, 5.74) is 3.31. The fourth-order valence-corrected chi connectivity index (χ4v) is 3.64. The van der Waals surface area contributed by atoms with E-state index in [0.717, 1.165) is 35.9 Å². The van der Waals surface area contributed by atoms with Crippen molar-refractivity contribution in [1.82, 2.24) is 9.88 Å². The van der Waals surface area contributed by atoms with Crippen molar-refractivity contribution in [2.75, 3.05) is 13.1 Å². The maximum atomic E-state index is 12.7. The lowest BCUT2D eigenvalue weighted by Gasteiger charge is -2.32. The van der Waals surface area contributed by atoms with Crippen LogP contribution in [0.4, 0.5) is 0 Å². The lowest BCUT2D eigenvalue weighted by molar-refractivity contribution is -0.137. The molecule has 1 aromatic carbocycles. The first-order valence-electron chi connectivity index (χ1n) is 8.59. The Morgan fingerprint density at radius 1 is 1.38 bits per heavy atom. The molecule has 0 aliphatic carbocycles. The van der Waals surface area contributed by atoms with Crippen molar-refractivity contribution in [3.05, 3.63) is 35.5 Å². The molecule has 1 fully saturated rings. The number of carbonyl (C=O) groups excluding carboxylic acids is 1. The molecule has 128 valence electrons. The number of nitrogens with one attached hydrogen (secondary N) is 1. The molecular formula is C19H24N2O3. The summed E-state index contributed by atoms with van der Waals surface area (Å²) in [5, 5.41) is 9.94. The first kappa shape index (κ1) is 16.6. The van der Waals surface area contributed by atoms with Gasteiger partial charge in [0, 0.05) is 36.6 Å². The molecule has 1 amide bonds. The second-order valence-corrected chi connectivity index (χ2v) is 6.77. The summed E-state index contributed by atoms with van der Waals surface area (Å²) in [7, 11) is 0. The summed E-state index contributed by atoms with van der Waals surface area (Å²) in [4.78, 5) is 28.6. The summed E-state index contributed by atoms with van der Waals surface area (Å²) < 4.78 is 0. The number of H-pyrrole nitrogens is 1. The van der Waals surface area contributed by atoms with Crippen LogP contribution in [0.1, 0.15) is 36.8 Å². The lowest BCUT2D eigenvalue weighted by atomic mass is 9.93. The SMILES string of the molecule is Cc1cccc2c(CC(=O)N3CCC[C@@H](CCC(=O)O)C3)c[nH]c12. The van der Waals surface area contributed by atoms with Gasteiger partial charge in [-0.15, -0.1) is 0 Å². The number of hydrogen-bond donors (Lipinski definition) is 2. The van der Waals surface area contributed by atoms with Gasteiger partial charge in [-0.3, -0.25) is 9.59 Å². The van der Waals surface area contributed by atoms with Gasteiger partial charge in [0.2, 0.25) is 5.91 Å². The molecule has 1 saturated heterocycles. The monoisotopic (exact) mass is 328 g/mol. The molecule has 3 rings (SSSR count). The molecule has 5 nitrogen and oxygen atoms in total. The zero-order chi connectivity index (χ0) is 17.1. The molecular weight excluding hydrogens is 304 g/mol. The van der Waals surface area contributed by atoms with Crippen molar-refractivity contribution in [1.29, 1.82) is 0 Å². The van der Waals surface area contributed by atoms with Crippen molar-refractivity contribution >= 4 is 22.8 Å². The van der Waals surface area contributed by atoms with E-state index >= 15 is 0 Å². The average Bonchev–Trinajstić information content (AvgIpc) is 2.98. The van der Waals surface area contributed by atoms with Gasteiger partial charge in [0.1, 0.15) is 0 Å². The number of carbonyl (C=O) groups is 2. The number of carboxylic acids is 1. The number of aromatic nitrogens is 1. The van der Waals surface area contributed by atoms with Crippen LogP contribution in [-0.2, 0) is 16.0 Å². The highest BCUT2D eigenvalue weighted by Gasteiger charge is 2.24. The van der Waals surface area contributed by atoms with E-state index in [-0.39, 0.29) is 12.3 Å². The second-order valence-electron chi connectivity index (χ2n) is 6.77. The smallest absolute Gasteiger partial charge is 0.303 e. The fourth-order valence-electron chi connectivity index (χ4n) is 3.64. The Morgan fingerprint density at radius 3 is 3.00 bits per heavy atom. The molecule has 1 aromatic heterocycles. The lowest BCUT2D eigenvalue weighted by Crippen LogP contribution is -2.40. The minimum atomic E-state index is -0.757. The van der Waals surface area contributed by atoms with Crippen LogP contribution in [0.2, 0.25) is 0 Å². The van der Waals surface area contributed by atoms with Crippen LogP contribution in [0.25, 0.3) is 10.9 Å². The number of likely N-dealkylation sites (tertiary alicyclic amines) is 1. The standard InChI is InChI=1S/C19H24N2O3/c1-13-4-2-6-16-15(11-20-19(13)16)10-17(22)21-9-3-5-14(12-21)7-8-18(23)24/h2,4,6,11,14,20H,3,5,7-10,12H2,1H3,(H,23,24)/t14-/m0/s1. The Bertz CT molecular complexity index is 750. The predicted octanol–water partition coefficient (Wildman–Crippen LogP) is 3.12. The molecule has 0 spiro atoms. The van der Waals surface area contributed by atoms with E-state index in [2.05, 4.69) is 18.0 Å². The zero-order valence-corrected chi connectivity index (χ0v) is 14.0. The number of fused-ring (bicyclic) bond motifs is 1. The van der Waals surface area contributed by atoms with E-state index in [1.807, 2.05) is 23.2 Å². The molecule has 1 atom stereocenters. The largest absolute Gasteiger partial charge is 0.481 e. The van der Waals surface area contributed by atoms with Crippen LogP contribution >= 0.6 is 0 Å². The van der Waals surface area contributed by atoms with Gasteiger partial charge in [-0.1, -0.05) is 18.2 Å². The Hall–Kier alpha value is -2.30. The molecule has 1 aliphatic heterocycles. The number of piperidine rings is 1. The van der Waals surface area contributed by atoms with E-state index in [1.54, 1.807) is 0 Å². The Morgan fingerprint density at radius 2 is 2.21 bits per heavy atom. The summed E-state index contributed by atoms with van der Waals surface area (Å²) >= 11 is 0. The topological polar surface area (TPSA) is 73.4 Å². The van der Waals surface area contributed by atoms with Crippen LogP contribution < -0.4 is 0 Å². The van der Waals surface area contributed by atoms with Crippen molar-refractivity contribution in [3.8, 4) is 0 Å². The van der Waals surface area contributed by atoms with Crippen molar-refractivity contribution in [3.63, 3.8) is 0 Å². The molecule has 24 heavy (non-hydrogen) atoms. The van der Waals surface area contributed by atoms with Crippen molar-refractivity contribution in [2.24, 2.45) is 5.92 Å². The fraction of sp³-hybridized carbons (Fsp3) is 0.474. The van der Waals surface area contributed by atoms with Gasteiger partial charge in [0.05, 0.1) is 6.42 Å². The quantitative estimate of drug-likeness (QED) is 0.885. The highest BCUT2D eigenvalue weighted by Crippen LogP contribution is 2.24. The highest BCUT2D eigenvalue weighted by molar-refractivity contribution is 5.90. The third-order valence-corrected chi connectivity index (χ3v) is 4.99. The molecule has 1 aliphatic rings. The molecule has 0 bridgehead atoms. The minimum absolute atomic E-state index is 0.137. The summed E-state index contributed by atoms with van der Waals surface area (Å²) in [5.74, 6) is -0.311. The number of carboxylic acid groups (broad SMARTS) is 1. The van der Waals surface area contributed by atoms with Gasteiger partial charge >= 0.3 is 5.97 Å². The molecule has 0 saturated carbocycles. The van der Waals surface area contributed by atoms with Gasteiger partial charge in [0.25, 0.3) is 0 Å². The number of amides is 1. The van der Waals surface area contributed by atoms with Crippen LogP contribution in [-0.4, -0.2) is 40.0 Å². The average molecular weight is 328 g/mol. The van der Waals surface area contributed by atoms with E-state index in [9.17, 15) is 9.59 Å².